The van der Waals surface area contributed by atoms with Crippen molar-refractivity contribution < 1.29 is 4.79 Å². The molecule has 7 heteroatoms. The molecule has 3 aromatic heterocycles. The maximum absolute atomic E-state index is 14.4. The highest BCUT2D eigenvalue weighted by molar-refractivity contribution is 6.30. The van der Waals surface area contributed by atoms with Gasteiger partial charge in [0.1, 0.15) is 0 Å². The molecule has 0 saturated carbocycles. The first-order valence-corrected chi connectivity index (χ1v) is 15.1. The molecule has 5 nitrogen and oxygen atoms in total. The van der Waals surface area contributed by atoms with Crippen molar-refractivity contribution in [3.63, 3.8) is 0 Å². The molecule has 7 aromatic rings. The minimum absolute atomic E-state index is 0.111. The number of nitrogens with one attached hydrogen (secondary N) is 1. The third-order valence-electron chi connectivity index (χ3n) is 8.00. The van der Waals surface area contributed by atoms with Gasteiger partial charge in [-0.15, -0.1) is 0 Å². The van der Waals surface area contributed by atoms with Gasteiger partial charge in [-0.1, -0.05) is 83.9 Å². The Bertz CT molecular complexity index is 1960. The summed E-state index contributed by atoms with van der Waals surface area (Å²) in [5.41, 5.74) is 6.95. The molecule has 3 heterocycles. The van der Waals surface area contributed by atoms with E-state index in [9.17, 15) is 4.79 Å². The lowest BCUT2D eigenvalue weighted by Crippen LogP contribution is -2.22. The van der Waals surface area contributed by atoms with Crippen molar-refractivity contribution in [1.29, 1.82) is 0 Å². The second-order valence-electron chi connectivity index (χ2n) is 10.9. The van der Waals surface area contributed by atoms with Crippen molar-refractivity contribution in [3.05, 3.63) is 166 Å². The summed E-state index contributed by atoms with van der Waals surface area (Å²) in [7, 11) is 0. The average molecular weight is 616 g/mol. The molecule has 1 amide bonds. The Morgan fingerprint density at radius 3 is 1.57 bits per heavy atom. The minimum Gasteiger partial charge on any atom is -0.343 e. The molecule has 1 N–H and O–H groups in total. The van der Waals surface area contributed by atoms with Crippen LogP contribution in [0.1, 0.15) is 28.2 Å². The molecular weight excluding hydrogens is 587 g/mol. The van der Waals surface area contributed by atoms with Crippen molar-refractivity contribution in [2.24, 2.45) is 0 Å². The van der Waals surface area contributed by atoms with E-state index in [0.29, 0.717) is 28.8 Å². The Labute approximate surface area is 265 Å². The van der Waals surface area contributed by atoms with Crippen molar-refractivity contribution in [3.8, 4) is 0 Å². The number of hydrogen-bond donors (Lipinski definition) is 1. The van der Waals surface area contributed by atoms with Crippen LogP contribution in [0, 0.1) is 0 Å². The number of rotatable bonds is 8. The van der Waals surface area contributed by atoms with E-state index >= 15 is 0 Å². The van der Waals surface area contributed by atoms with Gasteiger partial charge in [-0.25, -0.2) is 0 Å². The van der Waals surface area contributed by atoms with E-state index in [1.54, 1.807) is 12.4 Å². The Hall–Kier alpha value is -4.84. The Balaban J connectivity index is 1.39. The quantitative estimate of drug-likeness (QED) is 0.185. The number of para-hydroxylation sites is 2. The molecule has 0 spiro atoms. The van der Waals surface area contributed by atoms with Crippen LogP contribution in [-0.2, 0) is 17.9 Å². The molecule has 0 saturated heterocycles. The molecule has 44 heavy (non-hydrogen) atoms. The van der Waals surface area contributed by atoms with Gasteiger partial charge < -0.3 is 14.5 Å². The first kappa shape index (κ1) is 28.0. The van der Waals surface area contributed by atoms with Gasteiger partial charge >= 0.3 is 0 Å². The molecule has 0 fully saturated rings. The van der Waals surface area contributed by atoms with Gasteiger partial charge in [-0.2, -0.15) is 0 Å². The Kier molecular flexibility index (Phi) is 7.65. The molecule has 0 atom stereocenters. The Morgan fingerprint density at radius 2 is 1.09 bits per heavy atom. The SMILES string of the molecule is O=C(Nc1ccncc1)C(c1cn(Cc2ccc(Cl)cc2)c2ccccc12)c1cn(Cc2ccc(Cl)cc2)c2ccccc12. The maximum atomic E-state index is 14.4. The predicted octanol–water partition coefficient (Wildman–Crippen LogP) is 9.16. The second-order valence-corrected chi connectivity index (χ2v) is 11.7. The number of hydrogen-bond acceptors (Lipinski definition) is 2. The van der Waals surface area contributed by atoms with E-state index in [1.807, 2.05) is 84.9 Å². The fourth-order valence-corrected chi connectivity index (χ4v) is 6.20. The number of anilines is 1. The molecule has 7 rings (SSSR count). The summed E-state index contributed by atoms with van der Waals surface area (Å²) < 4.78 is 4.43. The van der Waals surface area contributed by atoms with Gasteiger partial charge in [-0.3, -0.25) is 9.78 Å². The molecular formula is C37H28Cl2N4O. The van der Waals surface area contributed by atoms with Gasteiger partial charge in [0.25, 0.3) is 0 Å². The highest BCUT2D eigenvalue weighted by Gasteiger charge is 2.30. The molecule has 0 aliphatic carbocycles. The molecule has 0 aliphatic heterocycles. The summed E-state index contributed by atoms with van der Waals surface area (Å²) in [5, 5.41) is 6.65. The van der Waals surface area contributed by atoms with Crippen LogP contribution in [0.4, 0.5) is 5.69 Å². The van der Waals surface area contributed by atoms with Crippen LogP contribution >= 0.6 is 23.2 Å². The van der Waals surface area contributed by atoms with Crippen LogP contribution in [0.15, 0.2) is 134 Å². The molecule has 0 aliphatic rings. The molecule has 0 bridgehead atoms. The van der Waals surface area contributed by atoms with E-state index in [2.05, 4.69) is 56.1 Å². The topological polar surface area (TPSA) is 51.9 Å². The smallest absolute Gasteiger partial charge is 0.236 e. The van der Waals surface area contributed by atoms with Crippen molar-refractivity contribution in [2.75, 3.05) is 5.32 Å². The predicted molar refractivity (Wildman–Crippen MR) is 180 cm³/mol. The number of nitrogens with zero attached hydrogens (tertiary/aromatic N) is 3. The summed E-state index contributed by atoms with van der Waals surface area (Å²) in [4.78, 5) is 18.6. The third-order valence-corrected chi connectivity index (χ3v) is 8.51. The Morgan fingerprint density at radius 1 is 0.636 bits per heavy atom. The zero-order valence-electron chi connectivity index (χ0n) is 23.7. The van der Waals surface area contributed by atoms with Gasteiger partial charge in [-0.05, 0) is 70.8 Å². The lowest BCUT2D eigenvalue weighted by atomic mass is 9.89. The number of pyridine rings is 1. The van der Waals surface area contributed by atoms with Crippen LogP contribution in [0.25, 0.3) is 21.8 Å². The monoisotopic (exact) mass is 614 g/mol. The van der Waals surface area contributed by atoms with Crippen molar-refractivity contribution >= 4 is 56.6 Å². The average Bonchev–Trinajstić information content (AvgIpc) is 3.58. The van der Waals surface area contributed by atoms with Crippen LogP contribution in [0.3, 0.4) is 0 Å². The summed E-state index contributed by atoms with van der Waals surface area (Å²) >= 11 is 12.3. The fraction of sp³-hybridized carbons (Fsp3) is 0.0811. The zero-order valence-corrected chi connectivity index (χ0v) is 25.2. The second kappa shape index (κ2) is 12.0. The first-order valence-electron chi connectivity index (χ1n) is 14.4. The number of carbonyl (C=O) groups excluding carboxylic acids is 1. The van der Waals surface area contributed by atoms with Crippen molar-refractivity contribution in [1.82, 2.24) is 14.1 Å². The maximum Gasteiger partial charge on any atom is 0.236 e. The van der Waals surface area contributed by atoms with Crippen molar-refractivity contribution in [2.45, 2.75) is 19.0 Å². The highest BCUT2D eigenvalue weighted by atomic mass is 35.5. The van der Waals surface area contributed by atoms with Gasteiger partial charge in [0, 0.05) is 75.4 Å². The van der Waals surface area contributed by atoms with E-state index in [4.69, 9.17) is 23.2 Å². The summed E-state index contributed by atoms with van der Waals surface area (Å²) in [6, 6.07) is 35.9. The third kappa shape index (κ3) is 5.60. The summed E-state index contributed by atoms with van der Waals surface area (Å²) in [6.45, 7) is 1.30. The molecule has 216 valence electrons. The normalized spacial score (nSPS) is 11.4. The number of carbonyl (C=O) groups is 1. The molecule has 0 radical (unpaired) electrons. The number of fused-ring (bicyclic) bond motifs is 2. The van der Waals surface area contributed by atoms with E-state index in [-0.39, 0.29) is 5.91 Å². The standard InChI is InChI=1S/C37H28Cl2N4O/c38-27-13-9-25(10-14-27)21-42-23-32(30-5-1-3-7-34(30)42)36(37(44)41-29-17-19-40-20-18-29)33-24-43(35-8-4-2-6-31(33)35)22-26-11-15-28(39)16-12-26/h1-20,23-24,36H,21-22H2,(H,40,41,44). The summed E-state index contributed by atoms with van der Waals surface area (Å²) in [5.74, 6) is -0.698. The van der Waals surface area contributed by atoms with E-state index < -0.39 is 5.92 Å². The number of aromatic nitrogens is 3. The number of benzene rings is 4. The summed E-state index contributed by atoms with van der Waals surface area (Å²) in [6.07, 6.45) is 7.62. The van der Waals surface area contributed by atoms with Gasteiger partial charge in [0.05, 0.1) is 5.92 Å². The lowest BCUT2D eigenvalue weighted by molar-refractivity contribution is -0.116. The van der Waals surface area contributed by atoms with Crippen LogP contribution < -0.4 is 5.32 Å². The van der Waals surface area contributed by atoms with Crippen LogP contribution in [0.5, 0.6) is 0 Å². The number of amides is 1. The van der Waals surface area contributed by atoms with E-state index in [1.165, 1.54) is 0 Å². The van der Waals surface area contributed by atoms with Gasteiger partial charge in [0.15, 0.2) is 0 Å². The largest absolute Gasteiger partial charge is 0.343 e. The minimum atomic E-state index is -0.587. The first-order chi connectivity index (χ1) is 21.5. The van der Waals surface area contributed by atoms with Gasteiger partial charge in [0.2, 0.25) is 5.91 Å². The molecule has 0 unspecified atom stereocenters. The van der Waals surface area contributed by atoms with Crippen LogP contribution in [0.2, 0.25) is 10.0 Å². The van der Waals surface area contributed by atoms with Crippen LogP contribution in [-0.4, -0.2) is 20.0 Å². The zero-order chi connectivity index (χ0) is 30.0. The number of halogens is 2. The highest BCUT2D eigenvalue weighted by Crippen LogP contribution is 2.38. The molecule has 4 aromatic carbocycles. The fourth-order valence-electron chi connectivity index (χ4n) is 5.94. The lowest BCUT2D eigenvalue weighted by Gasteiger charge is -2.17. The van der Waals surface area contributed by atoms with E-state index in [0.717, 1.165) is 44.1 Å².